The average molecular weight is 657 g/mol. The summed E-state index contributed by atoms with van der Waals surface area (Å²) in [6.45, 7) is 0.737. The molecule has 0 aliphatic heterocycles. The summed E-state index contributed by atoms with van der Waals surface area (Å²) in [5.74, 6) is 0.480. The van der Waals surface area contributed by atoms with Crippen molar-refractivity contribution >= 4 is 23.6 Å². The fourth-order valence-electron chi connectivity index (χ4n) is 4.49. The number of hydrogen-bond acceptors (Lipinski definition) is 10. The van der Waals surface area contributed by atoms with E-state index in [1.165, 1.54) is 40.8 Å². The van der Waals surface area contributed by atoms with E-state index in [0.717, 1.165) is 0 Å². The Bertz CT molecular complexity index is 1650. The molecule has 0 unspecified atom stereocenters. The fourth-order valence-corrected chi connectivity index (χ4v) is 4.49. The van der Waals surface area contributed by atoms with Crippen LogP contribution >= 0.6 is 0 Å². The number of ether oxygens (including phenoxy) is 4. The number of rotatable bonds is 15. The summed E-state index contributed by atoms with van der Waals surface area (Å²) in [7, 11) is 5.99. The largest absolute Gasteiger partial charge is 0.493 e. The Kier molecular flexibility index (Phi) is 12.2. The molecule has 0 atom stereocenters. The molecule has 4 amide bonds. The predicted molar refractivity (Wildman–Crippen MR) is 176 cm³/mol. The van der Waals surface area contributed by atoms with E-state index < -0.39 is 0 Å². The SMILES string of the molecule is COc1ccc(C(=O)NCCNC(=O)c2ccnc(-c3cc(C(=O)NCCNC(=O)c4ccc(OC)c(OC)c4)ccn3)c2)cc1OC. The van der Waals surface area contributed by atoms with Gasteiger partial charge in [-0.1, -0.05) is 0 Å². The van der Waals surface area contributed by atoms with Crippen molar-refractivity contribution in [1.82, 2.24) is 31.2 Å². The lowest BCUT2D eigenvalue weighted by atomic mass is 10.1. The zero-order chi connectivity index (χ0) is 34.5. The van der Waals surface area contributed by atoms with Gasteiger partial charge in [0.05, 0.1) is 39.8 Å². The number of benzene rings is 2. The standard InChI is InChI=1S/C34H36N6O8/c1-45-27-7-5-21(19-29(27)47-3)31(41)37-13-15-39-33(43)23-9-11-35-25(17-23)26-18-24(10-12-36-26)34(44)40-16-14-38-32(42)22-6-8-28(46-2)30(20-22)48-4/h5-12,17-20H,13-16H2,1-4H3,(H,37,41)(H,38,42)(H,39,43)(H,40,44). The summed E-state index contributed by atoms with van der Waals surface area (Å²) < 4.78 is 20.8. The summed E-state index contributed by atoms with van der Waals surface area (Å²) >= 11 is 0. The van der Waals surface area contributed by atoms with E-state index in [9.17, 15) is 19.2 Å². The highest BCUT2D eigenvalue weighted by Gasteiger charge is 2.14. The van der Waals surface area contributed by atoms with Crippen molar-refractivity contribution in [2.45, 2.75) is 0 Å². The topological polar surface area (TPSA) is 179 Å². The molecule has 0 saturated heterocycles. The van der Waals surface area contributed by atoms with Gasteiger partial charge in [-0.25, -0.2) is 0 Å². The molecular weight excluding hydrogens is 620 g/mol. The molecule has 4 N–H and O–H groups in total. The predicted octanol–water partition coefficient (Wildman–Crippen LogP) is 2.50. The van der Waals surface area contributed by atoms with Crippen molar-refractivity contribution < 1.29 is 38.1 Å². The molecule has 2 heterocycles. The number of carbonyl (C=O) groups is 4. The van der Waals surface area contributed by atoms with Crippen molar-refractivity contribution in [3.05, 3.63) is 95.3 Å². The number of methoxy groups -OCH3 is 4. The number of nitrogens with one attached hydrogen (secondary N) is 4. The summed E-state index contributed by atoms with van der Waals surface area (Å²) in [6, 6.07) is 15.9. The van der Waals surface area contributed by atoms with Gasteiger partial charge in [0.25, 0.3) is 23.6 Å². The highest BCUT2D eigenvalue weighted by Crippen LogP contribution is 2.28. The molecule has 0 radical (unpaired) electrons. The molecule has 2 aromatic heterocycles. The first-order valence-electron chi connectivity index (χ1n) is 14.8. The van der Waals surface area contributed by atoms with Gasteiger partial charge in [-0.05, 0) is 60.7 Å². The molecule has 0 bridgehead atoms. The molecule has 0 aliphatic carbocycles. The van der Waals surface area contributed by atoms with E-state index in [2.05, 4.69) is 31.2 Å². The van der Waals surface area contributed by atoms with E-state index in [0.29, 0.717) is 56.6 Å². The first-order chi connectivity index (χ1) is 23.3. The van der Waals surface area contributed by atoms with Crippen LogP contribution in [0.25, 0.3) is 11.4 Å². The Balaban J connectivity index is 1.26. The first kappa shape index (κ1) is 34.7. The lowest BCUT2D eigenvalue weighted by Gasteiger charge is -2.11. The van der Waals surface area contributed by atoms with E-state index in [1.54, 1.807) is 60.7 Å². The quantitative estimate of drug-likeness (QED) is 0.139. The van der Waals surface area contributed by atoms with Crippen LogP contribution < -0.4 is 40.2 Å². The molecule has 4 aromatic rings. The smallest absolute Gasteiger partial charge is 0.251 e. The Morgan fingerprint density at radius 3 is 1.08 bits per heavy atom. The number of carbonyl (C=O) groups excluding carboxylic acids is 4. The van der Waals surface area contributed by atoms with Gasteiger partial charge in [-0.3, -0.25) is 29.1 Å². The maximum atomic E-state index is 12.8. The van der Waals surface area contributed by atoms with E-state index in [-0.39, 0.29) is 49.8 Å². The van der Waals surface area contributed by atoms with Gasteiger partial charge >= 0.3 is 0 Å². The van der Waals surface area contributed by atoms with Gasteiger partial charge in [0.1, 0.15) is 0 Å². The number of hydrogen-bond donors (Lipinski definition) is 4. The number of pyridine rings is 2. The van der Waals surface area contributed by atoms with Gasteiger partial charge in [-0.2, -0.15) is 0 Å². The lowest BCUT2D eigenvalue weighted by Crippen LogP contribution is -2.34. The van der Waals surface area contributed by atoms with Crippen LogP contribution in [0.2, 0.25) is 0 Å². The number of amides is 4. The Morgan fingerprint density at radius 1 is 0.458 bits per heavy atom. The number of aromatic nitrogens is 2. The summed E-state index contributed by atoms with van der Waals surface area (Å²) in [6.07, 6.45) is 2.94. The second kappa shape index (κ2) is 16.9. The van der Waals surface area contributed by atoms with Gasteiger partial charge in [-0.15, -0.1) is 0 Å². The maximum Gasteiger partial charge on any atom is 0.251 e. The molecular formula is C34H36N6O8. The summed E-state index contributed by atoms with van der Waals surface area (Å²) in [4.78, 5) is 59.2. The van der Waals surface area contributed by atoms with Crippen LogP contribution in [0.5, 0.6) is 23.0 Å². The minimum atomic E-state index is -0.372. The zero-order valence-corrected chi connectivity index (χ0v) is 26.9. The molecule has 0 aliphatic rings. The molecule has 14 heteroatoms. The molecule has 0 saturated carbocycles. The van der Waals surface area contributed by atoms with E-state index in [4.69, 9.17) is 18.9 Å². The molecule has 2 aromatic carbocycles. The van der Waals surface area contributed by atoms with Crippen molar-refractivity contribution in [2.24, 2.45) is 0 Å². The summed E-state index contributed by atoms with van der Waals surface area (Å²) in [5.41, 5.74) is 2.21. The van der Waals surface area contributed by atoms with Crippen molar-refractivity contribution in [3.63, 3.8) is 0 Å². The van der Waals surface area contributed by atoms with Gasteiger partial charge in [0.15, 0.2) is 23.0 Å². The Morgan fingerprint density at radius 2 is 0.771 bits per heavy atom. The van der Waals surface area contributed by atoms with Crippen LogP contribution in [0.15, 0.2) is 73.1 Å². The normalized spacial score (nSPS) is 10.3. The Labute approximate surface area is 277 Å². The van der Waals surface area contributed by atoms with Gasteiger partial charge in [0, 0.05) is 60.8 Å². The zero-order valence-electron chi connectivity index (χ0n) is 26.9. The van der Waals surface area contributed by atoms with Gasteiger partial charge < -0.3 is 40.2 Å². The molecule has 250 valence electrons. The summed E-state index contributed by atoms with van der Waals surface area (Å²) in [5, 5.41) is 11.0. The molecule has 0 spiro atoms. The highest BCUT2D eigenvalue weighted by molar-refractivity contribution is 5.97. The van der Waals surface area contributed by atoms with Crippen molar-refractivity contribution in [3.8, 4) is 34.4 Å². The van der Waals surface area contributed by atoms with Crippen LogP contribution in [0.4, 0.5) is 0 Å². The minimum absolute atomic E-state index is 0.179. The van der Waals surface area contributed by atoms with Crippen LogP contribution in [0, 0.1) is 0 Å². The number of nitrogens with zero attached hydrogens (tertiary/aromatic N) is 2. The van der Waals surface area contributed by atoms with Crippen LogP contribution in [-0.4, -0.2) is 88.2 Å². The van der Waals surface area contributed by atoms with E-state index >= 15 is 0 Å². The average Bonchev–Trinajstić information content (AvgIpc) is 3.14. The van der Waals surface area contributed by atoms with Crippen molar-refractivity contribution in [1.29, 1.82) is 0 Å². The lowest BCUT2D eigenvalue weighted by molar-refractivity contribution is 0.0927. The fraction of sp³-hybridized carbons (Fsp3) is 0.235. The highest BCUT2D eigenvalue weighted by atomic mass is 16.5. The van der Waals surface area contributed by atoms with Gasteiger partial charge in [0.2, 0.25) is 0 Å². The second-order valence-electron chi connectivity index (χ2n) is 10.0. The van der Waals surface area contributed by atoms with Crippen LogP contribution in [0.3, 0.4) is 0 Å². The molecule has 0 fully saturated rings. The Hall–Kier alpha value is -6.18. The second-order valence-corrected chi connectivity index (χ2v) is 10.0. The van der Waals surface area contributed by atoms with Crippen molar-refractivity contribution in [2.75, 3.05) is 54.6 Å². The molecule has 48 heavy (non-hydrogen) atoms. The van der Waals surface area contributed by atoms with E-state index in [1.807, 2.05) is 0 Å². The third kappa shape index (κ3) is 8.96. The molecule has 14 nitrogen and oxygen atoms in total. The van der Waals surface area contributed by atoms with Crippen LogP contribution in [-0.2, 0) is 0 Å². The van der Waals surface area contributed by atoms with Crippen LogP contribution in [0.1, 0.15) is 41.4 Å². The maximum absolute atomic E-state index is 12.8. The third-order valence-electron chi connectivity index (χ3n) is 6.99. The monoisotopic (exact) mass is 656 g/mol. The first-order valence-corrected chi connectivity index (χ1v) is 14.8. The third-order valence-corrected chi connectivity index (χ3v) is 6.99. The minimum Gasteiger partial charge on any atom is -0.493 e. The molecule has 4 rings (SSSR count).